The van der Waals surface area contributed by atoms with E-state index in [0.29, 0.717) is 6.04 Å². The van der Waals surface area contributed by atoms with E-state index in [1.165, 1.54) is 44.9 Å². The van der Waals surface area contributed by atoms with Gasteiger partial charge in [-0.1, -0.05) is 32.1 Å². The van der Waals surface area contributed by atoms with E-state index in [9.17, 15) is 0 Å². The van der Waals surface area contributed by atoms with Gasteiger partial charge in [0.05, 0.1) is 12.3 Å². The summed E-state index contributed by atoms with van der Waals surface area (Å²) >= 11 is 0. The number of furan rings is 1. The van der Waals surface area contributed by atoms with Crippen LogP contribution < -0.4 is 5.32 Å². The standard InChI is InChI=1S/C15H25NO/c1-13(15-10-7-11-17-15)16-12-14-8-5-3-2-4-6-9-14/h7,10-11,13-14,16H,2-6,8-9,12H2,1H3/t13-/m1/s1. The third-order valence-electron chi connectivity index (χ3n) is 3.91. The smallest absolute Gasteiger partial charge is 0.120 e. The van der Waals surface area contributed by atoms with E-state index in [1.807, 2.05) is 6.07 Å². The lowest BCUT2D eigenvalue weighted by Gasteiger charge is -2.21. The summed E-state index contributed by atoms with van der Waals surface area (Å²) in [5, 5.41) is 3.61. The highest BCUT2D eigenvalue weighted by Crippen LogP contribution is 2.22. The van der Waals surface area contributed by atoms with Crippen molar-refractivity contribution in [3.05, 3.63) is 24.2 Å². The Hall–Kier alpha value is -0.760. The molecule has 1 aromatic heterocycles. The average molecular weight is 235 g/mol. The summed E-state index contributed by atoms with van der Waals surface area (Å²) in [6.07, 6.45) is 11.7. The van der Waals surface area contributed by atoms with Crippen molar-refractivity contribution in [3.63, 3.8) is 0 Å². The third kappa shape index (κ3) is 4.19. The van der Waals surface area contributed by atoms with Crippen LogP contribution >= 0.6 is 0 Å². The topological polar surface area (TPSA) is 25.2 Å². The molecule has 0 aliphatic heterocycles. The van der Waals surface area contributed by atoms with Crippen molar-refractivity contribution in [3.8, 4) is 0 Å². The first kappa shape index (κ1) is 12.7. The second-order valence-electron chi connectivity index (χ2n) is 5.36. The lowest BCUT2D eigenvalue weighted by molar-refractivity contribution is 0.336. The van der Waals surface area contributed by atoms with E-state index in [4.69, 9.17) is 4.42 Å². The zero-order valence-electron chi connectivity index (χ0n) is 11.0. The Morgan fingerprint density at radius 2 is 1.94 bits per heavy atom. The molecule has 1 aromatic rings. The molecule has 0 amide bonds. The zero-order chi connectivity index (χ0) is 11.9. The Morgan fingerprint density at radius 3 is 2.59 bits per heavy atom. The number of hydrogen-bond donors (Lipinski definition) is 1. The summed E-state index contributed by atoms with van der Waals surface area (Å²) in [5.41, 5.74) is 0. The van der Waals surface area contributed by atoms with E-state index in [-0.39, 0.29) is 0 Å². The van der Waals surface area contributed by atoms with Crippen LogP contribution in [-0.2, 0) is 0 Å². The maximum Gasteiger partial charge on any atom is 0.120 e. The molecule has 2 heteroatoms. The summed E-state index contributed by atoms with van der Waals surface area (Å²) in [6, 6.07) is 4.36. The van der Waals surface area contributed by atoms with Crippen LogP contribution in [0.15, 0.2) is 22.8 Å². The number of rotatable bonds is 4. The predicted octanol–water partition coefficient (Wildman–Crippen LogP) is 4.29. The Kier molecular flexibility index (Phi) is 5.11. The number of nitrogens with one attached hydrogen (secondary N) is 1. The van der Waals surface area contributed by atoms with Crippen LogP contribution in [-0.4, -0.2) is 6.54 Å². The van der Waals surface area contributed by atoms with E-state index in [1.54, 1.807) is 6.26 Å². The van der Waals surface area contributed by atoms with E-state index < -0.39 is 0 Å². The van der Waals surface area contributed by atoms with Gasteiger partial charge in [0.25, 0.3) is 0 Å². The van der Waals surface area contributed by atoms with Crippen LogP contribution in [0.1, 0.15) is 63.7 Å². The SMILES string of the molecule is C[C@@H](NCC1CCCCCCC1)c1ccco1. The molecule has 1 saturated carbocycles. The first-order chi connectivity index (χ1) is 8.36. The van der Waals surface area contributed by atoms with Crippen molar-refractivity contribution < 1.29 is 4.42 Å². The molecule has 0 spiro atoms. The van der Waals surface area contributed by atoms with E-state index in [2.05, 4.69) is 18.3 Å². The van der Waals surface area contributed by atoms with Crippen LogP contribution in [0.5, 0.6) is 0 Å². The van der Waals surface area contributed by atoms with Crippen LogP contribution in [0, 0.1) is 5.92 Å². The third-order valence-corrected chi connectivity index (χ3v) is 3.91. The van der Waals surface area contributed by atoms with Gasteiger partial charge in [0.2, 0.25) is 0 Å². The Morgan fingerprint density at radius 1 is 1.24 bits per heavy atom. The summed E-state index contributed by atoms with van der Waals surface area (Å²) in [6.45, 7) is 3.32. The van der Waals surface area contributed by atoms with Gasteiger partial charge in [-0.3, -0.25) is 0 Å². The first-order valence-corrected chi connectivity index (χ1v) is 7.13. The van der Waals surface area contributed by atoms with Crippen LogP contribution in [0.2, 0.25) is 0 Å². The predicted molar refractivity (Wildman–Crippen MR) is 70.9 cm³/mol. The minimum atomic E-state index is 0.343. The van der Waals surface area contributed by atoms with Gasteiger partial charge in [-0.25, -0.2) is 0 Å². The fourth-order valence-corrected chi connectivity index (χ4v) is 2.73. The molecule has 1 atom stereocenters. The second kappa shape index (κ2) is 6.85. The minimum absolute atomic E-state index is 0.343. The number of hydrogen-bond acceptors (Lipinski definition) is 2. The van der Waals surface area contributed by atoms with Gasteiger partial charge >= 0.3 is 0 Å². The van der Waals surface area contributed by atoms with Gasteiger partial charge < -0.3 is 9.73 Å². The Labute approximate surface area is 105 Å². The highest BCUT2D eigenvalue weighted by atomic mass is 16.3. The van der Waals surface area contributed by atoms with Crippen molar-refractivity contribution >= 4 is 0 Å². The average Bonchev–Trinajstić information content (AvgIpc) is 2.80. The van der Waals surface area contributed by atoms with Gasteiger partial charge in [-0.2, -0.15) is 0 Å². The molecule has 1 fully saturated rings. The quantitative estimate of drug-likeness (QED) is 0.842. The molecule has 0 saturated heterocycles. The van der Waals surface area contributed by atoms with Gasteiger partial charge in [-0.15, -0.1) is 0 Å². The van der Waals surface area contributed by atoms with Crippen LogP contribution in [0.4, 0.5) is 0 Å². The molecule has 96 valence electrons. The lowest BCUT2D eigenvalue weighted by Crippen LogP contribution is -2.26. The largest absolute Gasteiger partial charge is 0.468 e. The lowest BCUT2D eigenvalue weighted by atomic mass is 9.91. The molecule has 0 aromatic carbocycles. The normalized spacial score (nSPS) is 20.8. The van der Waals surface area contributed by atoms with Gasteiger partial charge in [0.15, 0.2) is 0 Å². The van der Waals surface area contributed by atoms with E-state index >= 15 is 0 Å². The molecule has 2 rings (SSSR count). The molecule has 0 radical (unpaired) electrons. The summed E-state index contributed by atoms with van der Waals surface area (Å²) in [4.78, 5) is 0. The molecule has 17 heavy (non-hydrogen) atoms. The fraction of sp³-hybridized carbons (Fsp3) is 0.733. The van der Waals surface area contributed by atoms with Crippen LogP contribution in [0.3, 0.4) is 0 Å². The van der Waals surface area contributed by atoms with Crippen molar-refractivity contribution in [2.45, 2.75) is 57.9 Å². The molecule has 0 unspecified atom stereocenters. The maximum atomic E-state index is 5.42. The zero-order valence-corrected chi connectivity index (χ0v) is 11.0. The molecule has 1 N–H and O–H groups in total. The molecular weight excluding hydrogens is 210 g/mol. The Bertz CT molecular complexity index is 286. The van der Waals surface area contributed by atoms with Crippen LogP contribution in [0.25, 0.3) is 0 Å². The monoisotopic (exact) mass is 235 g/mol. The van der Waals surface area contributed by atoms with Crippen molar-refractivity contribution in [2.24, 2.45) is 5.92 Å². The van der Waals surface area contributed by atoms with Gasteiger partial charge in [0, 0.05) is 0 Å². The maximum absolute atomic E-state index is 5.42. The molecule has 1 aliphatic rings. The first-order valence-electron chi connectivity index (χ1n) is 7.13. The summed E-state index contributed by atoms with van der Waals surface area (Å²) in [7, 11) is 0. The van der Waals surface area contributed by atoms with Crippen molar-refractivity contribution in [2.75, 3.05) is 6.54 Å². The summed E-state index contributed by atoms with van der Waals surface area (Å²) in [5.74, 6) is 1.92. The minimum Gasteiger partial charge on any atom is -0.468 e. The van der Waals surface area contributed by atoms with Crippen molar-refractivity contribution in [1.29, 1.82) is 0 Å². The highest BCUT2D eigenvalue weighted by molar-refractivity contribution is 5.02. The summed E-state index contributed by atoms with van der Waals surface area (Å²) < 4.78 is 5.42. The highest BCUT2D eigenvalue weighted by Gasteiger charge is 2.13. The Balaban J connectivity index is 1.72. The van der Waals surface area contributed by atoms with Gasteiger partial charge in [-0.05, 0) is 44.4 Å². The fourth-order valence-electron chi connectivity index (χ4n) is 2.73. The van der Waals surface area contributed by atoms with Crippen molar-refractivity contribution in [1.82, 2.24) is 5.32 Å². The molecular formula is C15H25NO. The van der Waals surface area contributed by atoms with Gasteiger partial charge in [0.1, 0.15) is 5.76 Å². The molecule has 0 bridgehead atoms. The molecule has 1 aliphatic carbocycles. The second-order valence-corrected chi connectivity index (χ2v) is 5.36. The van der Waals surface area contributed by atoms with E-state index in [0.717, 1.165) is 18.2 Å². The molecule has 1 heterocycles. The molecule has 2 nitrogen and oxygen atoms in total.